The molecule has 2 amide bonds. The van der Waals surface area contributed by atoms with E-state index in [0.29, 0.717) is 27.9 Å². The fraction of sp³-hybridized carbons (Fsp3) is 0.440. The van der Waals surface area contributed by atoms with Crippen molar-refractivity contribution in [2.24, 2.45) is 0 Å². The molecule has 36 heavy (non-hydrogen) atoms. The summed E-state index contributed by atoms with van der Waals surface area (Å²) in [4.78, 5) is 27.9. The molecule has 0 heterocycles. The summed E-state index contributed by atoms with van der Waals surface area (Å²) in [5, 5.41) is 3.49. The van der Waals surface area contributed by atoms with Gasteiger partial charge in [0.15, 0.2) is 0 Å². The highest BCUT2D eigenvalue weighted by Gasteiger charge is 2.31. The molecule has 2 aromatic carbocycles. The first-order chi connectivity index (χ1) is 16.9. The van der Waals surface area contributed by atoms with Crippen molar-refractivity contribution >= 4 is 50.7 Å². The number of amides is 2. The SMILES string of the molecule is CCCCNC(=O)C(C)N(Cc1c(Cl)cccc1Cl)C(=O)CN(c1cc(C)ccc1OC)S(C)(=O)=O. The van der Waals surface area contributed by atoms with Gasteiger partial charge < -0.3 is 15.0 Å². The lowest BCUT2D eigenvalue weighted by atomic mass is 10.1. The summed E-state index contributed by atoms with van der Waals surface area (Å²) in [6, 6.07) is 9.08. The quantitative estimate of drug-likeness (QED) is 0.390. The third-order valence-electron chi connectivity index (χ3n) is 5.67. The second-order valence-corrected chi connectivity index (χ2v) is 11.2. The zero-order valence-electron chi connectivity index (χ0n) is 21.2. The minimum Gasteiger partial charge on any atom is -0.495 e. The van der Waals surface area contributed by atoms with E-state index in [1.54, 1.807) is 50.2 Å². The van der Waals surface area contributed by atoms with Gasteiger partial charge in [0.25, 0.3) is 0 Å². The van der Waals surface area contributed by atoms with E-state index in [-0.39, 0.29) is 18.1 Å². The third kappa shape index (κ3) is 7.75. The summed E-state index contributed by atoms with van der Waals surface area (Å²) in [6.07, 6.45) is 2.70. The van der Waals surface area contributed by atoms with E-state index in [4.69, 9.17) is 27.9 Å². The van der Waals surface area contributed by atoms with Gasteiger partial charge in [0, 0.05) is 28.7 Å². The molecule has 0 aliphatic heterocycles. The van der Waals surface area contributed by atoms with Gasteiger partial charge in [-0.1, -0.05) is 48.7 Å². The maximum atomic E-state index is 13.7. The van der Waals surface area contributed by atoms with Gasteiger partial charge in [0.1, 0.15) is 18.3 Å². The van der Waals surface area contributed by atoms with E-state index in [2.05, 4.69) is 5.32 Å². The van der Waals surface area contributed by atoms with Crippen LogP contribution >= 0.6 is 23.2 Å². The van der Waals surface area contributed by atoms with E-state index < -0.39 is 28.5 Å². The molecule has 2 aromatic rings. The van der Waals surface area contributed by atoms with Crippen LogP contribution in [-0.4, -0.2) is 57.6 Å². The molecule has 2 rings (SSSR count). The molecule has 1 unspecified atom stereocenters. The molecule has 0 bridgehead atoms. The molecular weight excluding hydrogens is 525 g/mol. The van der Waals surface area contributed by atoms with Gasteiger partial charge >= 0.3 is 0 Å². The number of nitrogens with one attached hydrogen (secondary N) is 1. The maximum Gasteiger partial charge on any atom is 0.244 e. The van der Waals surface area contributed by atoms with Gasteiger partial charge in [-0.2, -0.15) is 0 Å². The molecule has 0 aliphatic rings. The van der Waals surface area contributed by atoms with Crippen molar-refractivity contribution in [3.63, 3.8) is 0 Å². The Balaban J connectivity index is 2.48. The summed E-state index contributed by atoms with van der Waals surface area (Å²) >= 11 is 12.7. The van der Waals surface area contributed by atoms with Crippen LogP contribution < -0.4 is 14.4 Å². The zero-order chi connectivity index (χ0) is 27.0. The molecule has 198 valence electrons. The first-order valence-electron chi connectivity index (χ1n) is 11.5. The van der Waals surface area contributed by atoms with Crippen LogP contribution in [0.4, 0.5) is 5.69 Å². The summed E-state index contributed by atoms with van der Waals surface area (Å²) < 4.78 is 31.9. The third-order valence-corrected chi connectivity index (χ3v) is 7.50. The van der Waals surface area contributed by atoms with E-state index >= 15 is 0 Å². The number of benzene rings is 2. The monoisotopic (exact) mass is 557 g/mol. The number of methoxy groups -OCH3 is 1. The molecule has 0 saturated carbocycles. The molecule has 1 N–H and O–H groups in total. The molecule has 0 radical (unpaired) electrons. The minimum absolute atomic E-state index is 0.0811. The molecule has 1 atom stereocenters. The number of anilines is 1. The van der Waals surface area contributed by atoms with Crippen LogP contribution in [0.1, 0.15) is 37.8 Å². The largest absolute Gasteiger partial charge is 0.495 e. The second-order valence-electron chi connectivity index (χ2n) is 8.49. The average Bonchev–Trinajstić information content (AvgIpc) is 2.81. The average molecular weight is 559 g/mol. The Morgan fingerprint density at radius 2 is 1.78 bits per heavy atom. The van der Waals surface area contributed by atoms with E-state index in [1.807, 2.05) is 6.92 Å². The molecule has 0 aromatic heterocycles. The van der Waals surface area contributed by atoms with Gasteiger partial charge in [-0.3, -0.25) is 13.9 Å². The van der Waals surface area contributed by atoms with Crippen LogP contribution in [0.15, 0.2) is 36.4 Å². The number of ether oxygens (including phenoxy) is 1. The zero-order valence-corrected chi connectivity index (χ0v) is 23.5. The molecular formula is C25H33Cl2N3O5S. The number of carbonyl (C=O) groups excluding carboxylic acids is 2. The Hall–Kier alpha value is -2.49. The fourth-order valence-corrected chi connectivity index (χ4v) is 4.92. The Morgan fingerprint density at radius 3 is 2.33 bits per heavy atom. The van der Waals surface area contributed by atoms with Crippen LogP contribution in [0.2, 0.25) is 10.0 Å². The van der Waals surface area contributed by atoms with Crippen molar-refractivity contribution in [2.45, 2.75) is 46.2 Å². The summed E-state index contributed by atoms with van der Waals surface area (Å²) in [5.74, 6) is -0.665. The Labute approximate surface area is 223 Å². The second kappa shape index (κ2) is 13.2. The van der Waals surface area contributed by atoms with Crippen molar-refractivity contribution in [2.75, 3.05) is 30.8 Å². The molecule has 11 heteroatoms. The highest BCUT2D eigenvalue weighted by molar-refractivity contribution is 7.92. The Bertz CT molecular complexity index is 1170. The van der Waals surface area contributed by atoms with Crippen molar-refractivity contribution in [1.82, 2.24) is 10.2 Å². The molecule has 8 nitrogen and oxygen atoms in total. The topological polar surface area (TPSA) is 96.0 Å². The maximum absolute atomic E-state index is 13.7. The number of hydrogen-bond donors (Lipinski definition) is 1. The smallest absolute Gasteiger partial charge is 0.244 e. The van der Waals surface area contributed by atoms with E-state index in [0.717, 1.165) is 29.0 Å². The number of carbonyl (C=O) groups is 2. The number of unbranched alkanes of at least 4 members (excludes halogenated alkanes) is 1. The van der Waals surface area contributed by atoms with Crippen molar-refractivity contribution in [3.8, 4) is 5.75 Å². The van der Waals surface area contributed by atoms with Crippen LogP contribution in [0.25, 0.3) is 0 Å². The number of halogens is 2. The highest BCUT2D eigenvalue weighted by atomic mass is 35.5. The van der Waals surface area contributed by atoms with Crippen LogP contribution in [0, 0.1) is 6.92 Å². The standard InChI is InChI=1S/C25H33Cl2N3O5S/c1-6-7-13-28-25(32)18(3)29(15-19-20(26)9-8-10-21(19)27)24(31)16-30(36(5,33)34)22-14-17(2)11-12-23(22)35-4/h8-12,14,18H,6-7,13,15-16H2,1-5H3,(H,28,32). The lowest BCUT2D eigenvalue weighted by Gasteiger charge is -2.32. The first kappa shape index (κ1) is 29.7. The van der Waals surface area contributed by atoms with E-state index in [1.165, 1.54) is 12.0 Å². The summed E-state index contributed by atoms with van der Waals surface area (Å²) in [7, 11) is -2.47. The van der Waals surface area contributed by atoms with Crippen LogP contribution in [-0.2, 0) is 26.2 Å². The van der Waals surface area contributed by atoms with Gasteiger partial charge in [-0.25, -0.2) is 8.42 Å². The van der Waals surface area contributed by atoms with Gasteiger partial charge in [0.05, 0.1) is 19.1 Å². The fourth-order valence-electron chi connectivity index (χ4n) is 3.56. The Kier molecular flexibility index (Phi) is 10.9. The lowest BCUT2D eigenvalue weighted by molar-refractivity contribution is -0.139. The van der Waals surface area contributed by atoms with Gasteiger partial charge in [-0.05, 0) is 50.1 Å². The van der Waals surface area contributed by atoms with Gasteiger partial charge in [0.2, 0.25) is 21.8 Å². The normalized spacial score (nSPS) is 12.1. The highest BCUT2D eigenvalue weighted by Crippen LogP contribution is 2.32. The van der Waals surface area contributed by atoms with Crippen LogP contribution in [0.3, 0.4) is 0 Å². The molecule has 0 fully saturated rings. The lowest BCUT2D eigenvalue weighted by Crippen LogP contribution is -2.51. The predicted molar refractivity (Wildman–Crippen MR) is 144 cm³/mol. The number of rotatable bonds is 12. The number of hydrogen-bond acceptors (Lipinski definition) is 5. The van der Waals surface area contributed by atoms with E-state index in [9.17, 15) is 18.0 Å². The molecule has 0 aliphatic carbocycles. The predicted octanol–water partition coefficient (Wildman–Crippen LogP) is 4.41. The molecule has 0 saturated heterocycles. The summed E-state index contributed by atoms with van der Waals surface area (Å²) in [5.41, 5.74) is 1.47. The van der Waals surface area contributed by atoms with Crippen molar-refractivity contribution in [3.05, 3.63) is 57.6 Å². The number of nitrogens with zero attached hydrogens (tertiary/aromatic N) is 2. The first-order valence-corrected chi connectivity index (χ1v) is 14.1. The minimum atomic E-state index is -3.90. The van der Waals surface area contributed by atoms with Crippen molar-refractivity contribution in [1.29, 1.82) is 0 Å². The van der Waals surface area contributed by atoms with Gasteiger partial charge in [-0.15, -0.1) is 0 Å². The number of sulfonamides is 1. The molecule has 0 spiro atoms. The van der Waals surface area contributed by atoms with Crippen molar-refractivity contribution < 1.29 is 22.7 Å². The number of aryl methyl sites for hydroxylation is 1. The Morgan fingerprint density at radius 1 is 1.14 bits per heavy atom. The van der Waals surface area contributed by atoms with Crippen LogP contribution in [0.5, 0.6) is 5.75 Å². The summed E-state index contributed by atoms with van der Waals surface area (Å²) in [6.45, 7) is 5.23.